The first-order chi connectivity index (χ1) is 9.63. The summed E-state index contributed by atoms with van der Waals surface area (Å²) >= 11 is 5.62. The Morgan fingerprint density at radius 3 is 2.85 bits per heavy atom. The van der Waals surface area contributed by atoms with Crippen LogP contribution in [-0.2, 0) is 6.42 Å². The van der Waals surface area contributed by atoms with E-state index in [2.05, 4.69) is 24.9 Å². The van der Waals surface area contributed by atoms with Crippen LogP contribution in [0.4, 0.5) is 0 Å². The third kappa shape index (κ3) is 3.16. The summed E-state index contributed by atoms with van der Waals surface area (Å²) in [4.78, 5) is 4.62. The molecule has 0 bridgehead atoms. The summed E-state index contributed by atoms with van der Waals surface area (Å²) < 4.78 is 1.21. The molecule has 1 aliphatic heterocycles. The molecule has 1 fully saturated rings. The molecule has 2 nitrogen and oxygen atoms in total. The van der Waals surface area contributed by atoms with E-state index >= 15 is 0 Å². The molecule has 0 spiro atoms. The quantitative estimate of drug-likeness (QED) is 0.930. The molecule has 0 saturated carbocycles. The highest BCUT2D eigenvalue weighted by Gasteiger charge is 2.30. The molecule has 1 N–H and O–H groups in total. The minimum atomic E-state index is -0.289. The first kappa shape index (κ1) is 14.7. The van der Waals surface area contributed by atoms with Gasteiger partial charge >= 0.3 is 0 Å². The SMILES string of the molecule is CC1SCC(C(O)Cc2nc3ccccc3s2)SC1C. The van der Waals surface area contributed by atoms with Crippen molar-refractivity contribution in [3.8, 4) is 0 Å². The highest BCUT2D eigenvalue weighted by atomic mass is 32.2. The summed E-state index contributed by atoms with van der Waals surface area (Å²) in [6.07, 6.45) is 0.390. The Morgan fingerprint density at radius 1 is 1.30 bits per heavy atom. The zero-order chi connectivity index (χ0) is 14.1. The summed E-state index contributed by atoms with van der Waals surface area (Å²) in [6.45, 7) is 4.54. The number of thiazole rings is 1. The number of rotatable bonds is 3. The highest BCUT2D eigenvalue weighted by Crippen LogP contribution is 2.38. The van der Waals surface area contributed by atoms with Crippen molar-refractivity contribution in [3.05, 3.63) is 29.3 Å². The van der Waals surface area contributed by atoms with Gasteiger partial charge in [0.05, 0.1) is 21.3 Å². The van der Waals surface area contributed by atoms with Gasteiger partial charge in [-0.2, -0.15) is 23.5 Å². The molecule has 3 rings (SSSR count). The van der Waals surface area contributed by atoms with E-state index in [1.807, 2.05) is 41.7 Å². The topological polar surface area (TPSA) is 33.1 Å². The largest absolute Gasteiger partial charge is 0.392 e. The van der Waals surface area contributed by atoms with Crippen LogP contribution in [0.1, 0.15) is 18.9 Å². The normalized spacial score (nSPS) is 28.6. The second-order valence-electron chi connectivity index (χ2n) is 5.26. The Balaban J connectivity index is 1.67. The van der Waals surface area contributed by atoms with Crippen LogP contribution in [0.5, 0.6) is 0 Å². The van der Waals surface area contributed by atoms with Crippen molar-refractivity contribution in [2.75, 3.05) is 5.75 Å². The zero-order valence-corrected chi connectivity index (χ0v) is 14.1. The lowest BCUT2D eigenvalue weighted by atomic mass is 10.2. The van der Waals surface area contributed by atoms with Crippen LogP contribution < -0.4 is 0 Å². The molecular weight excluding hydrogens is 306 g/mol. The summed E-state index contributed by atoms with van der Waals surface area (Å²) in [7, 11) is 0. The van der Waals surface area contributed by atoms with Gasteiger partial charge in [-0.25, -0.2) is 4.98 Å². The van der Waals surface area contributed by atoms with Crippen molar-refractivity contribution in [3.63, 3.8) is 0 Å². The standard InChI is InChI=1S/C15H19NOS3/c1-9-10(2)19-14(8-18-9)12(17)7-15-16-11-5-3-4-6-13(11)20-15/h3-6,9-10,12,14,17H,7-8H2,1-2H3. The van der Waals surface area contributed by atoms with Gasteiger partial charge in [0, 0.05) is 27.9 Å². The predicted molar refractivity (Wildman–Crippen MR) is 92.1 cm³/mol. The van der Waals surface area contributed by atoms with Crippen LogP contribution in [0.3, 0.4) is 0 Å². The van der Waals surface area contributed by atoms with Crippen LogP contribution in [0.15, 0.2) is 24.3 Å². The summed E-state index contributed by atoms with van der Waals surface area (Å²) in [5, 5.41) is 13.2. The molecule has 0 radical (unpaired) electrons. The molecule has 4 atom stereocenters. The van der Waals surface area contributed by atoms with Gasteiger partial charge in [0.1, 0.15) is 0 Å². The second kappa shape index (κ2) is 6.26. The summed E-state index contributed by atoms with van der Waals surface area (Å²) in [5.74, 6) is 1.04. The molecule has 108 valence electrons. The Kier molecular flexibility index (Phi) is 4.60. The maximum Gasteiger partial charge on any atom is 0.0964 e. The monoisotopic (exact) mass is 325 g/mol. The van der Waals surface area contributed by atoms with E-state index in [1.165, 1.54) is 4.70 Å². The van der Waals surface area contributed by atoms with Crippen molar-refractivity contribution < 1.29 is 5.11 Å². The fraction of sp³-hybridized carbons (Fsp3) is 0.533. The number of thioether (sulfide) groups is 2. The second-order valence-corrected chi connectivity index (χ2v) is 9.41. The number of hydrogen-bond acceptors (Lipinski definition) is 5. The Bertz CT molecular complexity index is 552. The molecule has 4 unspecified atom stereocenters. The van der Waals surface area contributed by atoms with Crippen molar-refractivity contribution >= 4 is 45.1 Å². The molecule has 0 aliphatic carbocycles. The average Bonchev–Trinajstić information content (AvgIpc) is 2.83. The van der Waals surface area contributed by atoms with Crippen LogP contribution in [0.25, 0.3) is 10.2 Å². The van der Waals surface area contributed by atoms with Gasteiger partial charge in [-0.3, -0.25) is 0 Å². The van der Waals surface area contributed by atoms with E-state index in [0.29, 0.717) is 22.2 Å². The lowest BCUT2D eigenvalue weighted by molar-refractivity contribution is 0.177. The van der Waals surface area contributed by atoms with Gasteiger partial charge in [0.15, 0.2) is 0 Å². The Labute approximate surface area is 132 Å². The Hall–Kier alpha value is -0.230. The first-order valence-corrected chi connectivity index (χ1v) is 9.74. The van der Waals surface area contributed by atoms with Crippen molar-refractivity contribution in [1.82, 2.24) is 4.98 Å². The highest BCUT2D eigenvalue weighted by molar-refractivity contribution is 8.07. The van der Waals surface area contributed by atoms with Gasteiger partial charge in [0.2, 0.25) is 0 Å². The fourth-order valence-electron chi connectivity index (χ4n) is 2.33. The van der Waals surface area contributed by atoms with E-state index < -0.39 is 0 Å². The number of para-hydroxylation sites is 1. The Morgan fingerprint density at radius 2 is 2.10 bits per heavy atom. The smallest absolute Gasteiger partial charge is 0.0964 e. The molecule has 5 heteroatoms. The maximum absolute atomic E-state index is 10.5. The number of aliphatic hydroxyl groups is 1. The van der Waals surface area contributed by atoms with Gasteiger partial charge in [-0.05, 0) is 12.1 Å². The molecule has 1 aromatic heterocycles. The van der Waals surface area contributed by atoms with Crippen molar-refractivity contribution in [2.24, 2.45) is 0 Å². The average molecular weight is 326 g/mol. The summed E-state index contributed by atoms with van der Waals surface area (Å²) in [5.41, 5.74) is 1.05. The van der Waals surface area contributed by atoms with Gasteiger partial charge in [-0.1, -0.05) is 26.0 Å². The number of fused-ring (bicyclic) bond motifs is 1. The minimum Gasteiger partial charge on any atom is -0.392 e. The molecular formula is C15H19NOS3. The van der Waals surface area contributed by atoms with Gasteiger partial charge < -0.3 is 5.11 Å². The van der Waals surface area contributed by atoms with E-state index in [1.54, 1.807) is 11.3 Å². The number of benzene rings is 1. The predicted octanol–water partition coefficient (Wildman–Crippen LogP) is 3.83. The van der Waals surface area contributed by atoms with Crippen molar-refractivity contribution in [2.45, 2.75) is 42.1 Å². The zero-order valence-electron chi connectivity index (χ0n) is 11.7. The van der Waals surface area contributed by atoms with E-state index in [-0.39, 0.29) is 6.10 Å². The summed E-state index contributed by atoms with van der Waals surface area (Å²) in [6, 6.07) is 8.19. The third-order valence-corrected chi connectivity index (χ3v) is 8.32. The van der Waals surface area contributed by atoms with Crippen LogP contribution in [0.2, 0.25) is 0 Å². The van der Waals surface area contributed by atoms with Gasteiger partial charge in [-0.15, -0.1) is 11.3 Å². The molecule has 2 heterocycles. The van der Waals surface area contributed by atoms with Crippen LogP contribution in [-0.4, -0.2) is 37.7 Å². The molecule has 0 amide bonds. The fourth-order valence-corrected chi connectivity index (χ4v) is 6.36. The van der Waals surface area contributed by atoms with Crippen LogP contribution >= 0.6 is 34.9 Å². The van der Waals surface area contributed by atoms with Crippen molar-refractivity contribution in [1.29, 1.82) is 0 Å². The maximum atomic E-state index is 10.5. The third-order valence-electron chi connectivity index (χ3n) is 3.72. The number of nitrogens with zero attached hydrogens (tertiary/aromatic N) is 1. The van der Waals surface area contributed by atoms with E-state index in [4.69, 9.17) is 0 Å². The molecule has 1 saturated heterocycles. The first-order valence-electron chi connectivity index (χ1n) is 6.93. The minimum absolute atomic E-state index is 0.289. The lowest BCUT2D eigenvalue weighted by Gasteiger charge is -2.33. The van der Waals surface area contributed by atoms with E-state index in [0.717, 1.165) is 16.3 Å². The number of aromatic nitrogens is 1. The number of aliphatic hydroxyl groups excluding tert-OH is 1. The molecule has 1 aromatic carbocycles. The molecule has 2 aromatic rings. The van der Waals surface area contributed by atoms with Crippen LogP contribution in [0, 0.1) is 0 Å². The molecule has 20 heavy (non-hydrogen) atoms. The van der Waals surface area contributed by atoms with E-state index in [9.17, 15) is 5.11 Å². The lowest BCUT2D eigenvalue weighted by Crippen LogP contribution is -2.35. The van der Waals surface area contributed by atoms with Gasteiger partial charge in [0.25, 0.3) is 0 Å². The number of hydrogen-bond donors (Lipinski definition) is 1. The molecule has 1 aliphatic rings.